The summed E-state index contributed by atoms with van der Waals surface area (Å²) in [6.45, 7) is 2.46. The van der Waals surface area contributed by atoms with Gasteiger partial charge in [0.1, 0.15) is 0 Å². The molecule has 0 aliphatic carbocycles. The minimum Gasteiger partial charge on any atom is -0.376 e. The van der Waals surface area contributed by atoms with Gasteiger partial charge in [-0.1, -0.05) is 30.3 Å². The van der Waals surface area contributed by atoms with Crippen molar-refractivity contribution in [2.45, 2.75) is 6.92 Å². The maximum atomic E-state index is 13.0. The van der Waals surface area contributed by atoms with Crippen molar-refractivity contribution in [1.82, 2.24) is 4.90 Å². The van der Waals surface area contributed by atoms with Crippen LogP contribution in [0, 0.1) is 0 Å². The number of benzene rings is 3. The molecule has 7 heteroatoms. The standard InChI is InChI=1S/C26H28N4O3/c1-4-30(23-14-6-5-7-15-23)26(33)20-11-9-13-22(17-20)28-24(31)18-27-21-12-8-10-19(16-21)25(32)29(2)3/h5-17,27H,4,18H2,1-3H3,(H,28,31). The second-order valence-corrected chi connectivity index (χ2v) is 7.65. The molecule has 0 aliphatic heterocycles. The summed E-state index contributed by atoms with van der Waals surface area (Å²) in [5.74, 6) is -0.513. The highest BCUT2D eigenvalue weighted by molar-refractivity contribution is 6.07. The SMILES string of the molecule is CCN(C(=O)c1cccc(NC(=O)CNc2cccc(C(=O)N(C)C)c2)c1)c1ccccc1. The number of para-hydroxylation sites is 1. The van der Waals surface area contributed by atoms with E-state index in [1.807, 2.05) is 37.3 Å². The zero-order valence-electron chi connectivity index (χ0n) is 19.0. The van der Waals surface area contributed by atoms with Crippen molar-refractivity contribution >= 4 is 34.8 Å². The first kappa shape index (κ1) is 23.5. The molecule has 170 valence electrons. The van der Waals surface area contributed by atoms with Crippen LogP contribution in [0.1, 0.15) is 27.6 Å². The van der Waals surface area contributed by atoms with Crippen LogP contribution in [-0.4, -0.2) is 49.8 Å². The van der Waals surface area contributed by atoms with Crippen molar-refractivity contribution < 1.29 is 14.4 Å². The molecule has 0 fully saturated rings. The van der Waals surface area contributed by atoms with E-state index >= 15 is 0 Å². The monoisotopic (exact) mass is 444 g/mol. The summed E-state index contributed by atoms with van der Waals surface area (Å²) in [6, 6.07) is 23.3. The van der Waals surface area contributed by atoms with Gasteiger partial charge in [0.2, 0.25) is 5.91 Å². The van der Waals surface area contributed by atoms with Gasteiger partial charge < -0.3 is 20.4 Å². The van der Waals surface area contributed by atoms with Gasteiger partial charge in [0.25, 0.3) is 11.8 Å². The smallest absolute Gasteiger partial charge is 0.258 e. The number of hydrogen-bond donors (Lipinski definition) is 2. The summed E-state index contributed by atoms with van der Waals surface area (Å²) in [6.07, 6.45) is 0. The number of carbonyl (C=O) groups is 3. The fourth-order valence-corrected chi connectivity index (χ4v) is 3.35. The highest BCUT2D eigenvalue weighted by Crippen LogP contribution is 2.19. The lowest BCUT2D eigenvalue weighted by atomic mass is 10.1. The van der Waals surface area contributed by atoms with E-state index in [0.717, 1.165) is 5.69 Å². The maximum Gasteiger partial charge on any atom is 0.258 e. The Balaban J connectivity index is 1.63. The number of rotatable bonds is 8. The third-order valence-electron chi connectivity index (χ3n) is 4.99. The Bertz CT molecular complexity index is 1130. The van der Waals surface area contributed by atoms with E-state index in [1.165, 1.54) is 4.90 Å². The van der Waals surface area contributed by atoms with Crippen LogP contribution < -0.4 is 15.5 Å². The van der Waals surface area contributed by atoms with Crippen molar-refractivity contribution in [2.75, 3.05) is 42.7 Å². The van der Waals surface area contributed by atoms with Crippen LogP contribution in [-0.2, 0) is 4.79 Å². The van der Waals surface area contributed by atoms with Crippen LogP contribution in [0.15, 0.2) is 78.9 Å². The third-order valence-corrected chi connectivity index (χ3v) is 4.99. The Morgan fingerprint density at radius 2 is 1.36 bits per heavy atom. The van der Waals surface area contributed by atoms with Crippen LogP contribution in [0.25, 0.3) is 0 Å². The number of hydrogen-bond acceptors (Lipinski definition) is 4. The second kappa shape index (κ2) is 10.9. The van der Waals surface area contributed by atoms with Crippen LogP contribution in [0.3, 0.4) is 0 Å². The lowest BCUT2D eigenvalue weighted by Crippen LogP contribution is -2.30. The molecule has 0 saturated carbocycles. The molecular weight excluding hydrogens is 416 g/mol. The lowest BCUT2D eigenvalue weighted by Gasteiger charge is -2.21. The first-order valence-electron chi connectivity index (χ1n) is 10.7. The normalized spacial score (nSPS) is 10.3. The highest BCUT2D eigenvalue weighted by atomic mass is 16.2. The number of carbonyl (C=O) groups excluding carboxylic acids is 3. The van der Waals surface area contributed by atoms with Gasteiger partial charge >= 0.3 is 0 Å². The Morgan fingerprint density at radius 3 is 2.00 bits per heavy atom. The minimum atomic E-state index is -0.264. The molecule has 33 heavy (non-hydrogen) atoms. The van der Waals surface area contributed by atoms with Gasteiger partial charge in [-0.25, -0.2) is 0 Å². The first-order chi connectivity index (χ1) is 15.9. The van der Waals surface area contributed by atoms with E-state index in [2.05, 4.69) is 10.6 Å². The fraction of sp³-hybridized carbons (Fsp3) is 0.192. The largest absolute Gasteiger partial charge is 0.376 e. The molecule has 0 saturated heterocycles. The Kier molecular flexibility index (Phi) is 7.81. The highest BCUT2D eigenvalue weighted by Gasteiger charge is 2.16. The van der Waals surface area contributed by atoms with Gasteiger partial charge in [-0.2, -0.15) is 0 Å². The Labute approximate surface area is 194 Å². The topological polar surface area (TPSA) is 81.8 Å². The van der Waals surface area contributed by atoms with Crippen LogP contribution in [0.5, 0.6) is 0 Å². The molecular formula is C26H28N4O3. The summed E-state index contributed by atoms with van der Waals surface area (Å²) >= 11 is 0. The number of amides is 3. The summed E-state index contributed by atoms with van der Waals surface area (Å²) < 4.78 is 0. The summed E-state index contributed by atoms with van der Waals surface area (Å²) in [7, 11) is 3.38. The van der Waals surface area contributed by atoms with E-state index in [1.54, 1.807) is 67.5 Å². The summed E-state index contributed by atoms with van der Waals surface area (Å²) in [4.78, 5) is 40.8. The summed E-state index contributed by atoms with van der Waals surface area (Å²) in [5, 5.41) is 5.84. The van der Waals surface area contributed by atoms with E-state index < -0.39 is 0 Å². The minimum absolute atomic E-state index is 0.0167. The molecule has 0 aliphatic rings. The van der Waals surface area contributed by atoms with Crippen molar-refractivity contribution in [3.8, 4) is 0 Å². The fourth-order valence-electron chi connectivity index (χ4n) is 3.35. The predicted molar refractivity (Wildman–Crippen MR) is 132 cm³/mol. The zero-order chi connectivity index (χ0) is 23.8. The number of nitrogens with zero attached hydrogens (tertiary/aromatic N) is 2. The average molecular weight is 445 g/mol. The first-order valence-corrected chi connectivity index (χ1v) is 10.7. The van der Waals surface area contributed by atoms with Gasteiger partial charge in [0.05, 0.1) is 6.54 Å². The Hall–Kier alpha value is -4.13. The molecule has 3 aromatic rings. The van der Waals surface area contributed by atoms with Gasteiger partial charge in [-0.15, -0.1) is 0 Å². The molecule has 3 amide bonds. The van der Waals surface area contributed by atoms with Gasteiger partial charge in [0, 0.05) is 48.8 Å². The number of anilines is 3. The van der Waals surface area contributed by atoms with Crippen molar-refractivity contribution in [1.29, 1.82) is 0 Å². The molecule has 0 heterocycles. The van der Waals surface area contributed by atoms with Crippen molar-refractivity contribution in [3.05, 3.63) is 90.0 Å². The zero-order valence-corrected chi connectivity index (χ0v) is 19.0. The van der Waals surface area contributed by atoms with Crippen LogP contribution in [0.2, 0.25) is 0 Å². The molecule has 0 bridgehead atoms. The average Bonchev–Trinajstić information content (AvgIpc) is 2.83. The van der Waals surface area contributed by atoms with E-state index in [0.29, 0.717) is 29.0 Å². The number of nitrogens with one attached hydrogen (secondary N) is 2. The van der Waals surface area contributed by atoms with Crippen LogP contribution in [0.4, 0.5) is 17.1 Å². The third kappa shape index (κ3) is 6.20. The van der Waals surface area contributed by atoms with Crippen LogP contribution >= 0.6 is 0 Å². The van der Waals surface area contributed by atoms with E-state index in [-0.39, 0.29) is 24.3 Å². The predicted octanol–water partition coefficient (Wildman–Crippen LogP) is 4.11. The molecule has 2 N–H and O–H groups in total. The Morgan fingerprint density at radius 1 is 0.758 bits per heavy atom. The van der Waals surface area contributed by atoms with Gasteiger partial charge in [0.15, 0.2) is 0 Å². The quantitative estimate of drug-likeness (QED) is 0.548. The van der Waals surface area contributed by atoms with Crippen molar-refractivity contribution in [3.63, 3.8) is 0 Å². The molecule has 0 unspecified atom stereocenters. The molecule has 0 atom stereocenters. The molecule has 0 aromatic heterocycles. The molecule has 0 radical (unpaired) electrons. The van der Waals surface area contributed by atoms with Gasteiger partial charge in [-0.3, -0.25) is 14.4 Å². The van der Waals surface area contributed by atoms with E-state index in [4.69, 9.17) is 0 Å². The van der Waals surface area contributed by atoms with Gasteiger partial charge in [-0.05, 0) is 55.5 Å². The molecule has 3 rings (SSSR count). The molecule has 7 nitrogen and oxygen atoms in total. The maximum absolute atomic E-state index is 13.0. The second-order valence-electron chi connectivity index (χ2n) is 7.65. The van der Waals surface area contributed by atoms with E-state index in [9.17, 15) is 14.4 Å². The molecule has 3 aromatic carbocycles. The molecule has 0 spiro atoms. The lowest BCUT2D eigenvalue weighted by molar-refractivity contribution is -0.114. The summed E-state index contributed by atoms with van der Waals surface area (Å²) in [5.41, 5.74) is 3.05. The van der Waals surface area contributed by atoms with Crippen molar-refractivity contribution in [2.24, 2.45) is 0 Å².